The molecule has 0 amide bonds. The largest absolute Gasteiger partial charge is 0.387 e. The van der Waals surface area contributed by atoms with Crippen molar-refractivity contribution >= 4 is 5.71 Å². The maximum absolute atomic E-state index is 9.65. The van der Waals surface area contributed by atoms with Crippen LogP contribution in [0.1, 0.15) is 19.4 Å². The van der Waals surface area contributed by atoms with Gasteiger partial charge in [0.15, 0.2) is 0 Å². The molecule has 1 unspecified atom stereocenters. The summed E-state index contributed by atoms with van der Waals surface area (Å²) >= 11 is 0. The lowest BCUT2D eigenvalue weighted by atomic mass is 10.1. The highest BCUT2D eigenvalue weighted by molar-refractivity contribution is 6.03. The van der Waals surface area contributed by atoms with Gasteiger partial charge < -0.3 is 10.1 Å². The number of hydrogen-bond acceptors (Lipinski definition) is 3. The third kappa shape index (κ3) is 3.36. The van der Waals surface area contributed by atoms with E-state index < -0.39 is 6.10 Å². The van der Waals surface area contributed by atoms with Gasteiger partial charge in [-0.1, -0.05) is 30.3 Å². The number of rotatable bonds is 4. The Morgan fingerprint density at radius 1 is 1.40 bits per heavy atom. The molecular formula is C12H18N2O. The molecule has 3 nitrogen and oxygen atoms in total. The molecule has 1 N–H and O–H groups in total. The standard InChI is InChI=1S/C12H18N2O/c1-4-14(3)13-12(10(2)15)11-8-6-5-7-9-11/h5-10,15H,4H2,1-3H3/b13-12+. The molecule has 0 heterocycles. The maximum Gasteiger partial charge on any atom is 0.0959 e. The van der Waals surface area contributed by atoms with Gasteiger partial charge in [0.25, 0.3) is 0 Å². The van der Waals surface area contributed by atoms with Gasteiger partial charge in [0.2, 0.25) is 0 Å². The van der Waals surface area contributed by atoms with E-state index in [9.17, 15) is 5.11 Å². The van der Waals surface area contributed by atoms with E-state index in [4.69, 9.17) is 0 Å². The van der Waals surface area contributed by atoms with Crippen molar-refractivity contribution in [2.75, 3.05) is 13.6 Å². The van der Waals surface area contributed by atoms with Crippen molar-refractivity contribution in [3.63, 3.8) is 0 Å². The quantitative estimate of drug-likeness (QED) is 0.601. The molecule has 1 atom stereocenters. The molecule has 0 radical (unpaired) electrons. The van der Waals surface area contributed by atoms with Crippen molar-refractivity contribution in [3.8, 4) is 0 Å². The van der Waals surface area contributed by atoms with E-state index in [1.165, 1.54) is 0 Å². The molecule has 0 fully saturated rings. The second-order valence-corrected chi connectivity index (χ2v) is 3.50. The van der Waals surface area contributed by atoms with Gasteiger partial charge in [0, 0.05) is 19.2 Å². The Hall–Kier alpha value is -1.35. The average Bonchev–Trinajstić information content (AvgIpc) is 2.26. The lowest BCUT2D eigenvalue weighted by molar-refractivity contribution is 0.256. The molecule has 0 spiro atoms. The number of aliphatic hydroxyl groups is 1. The van der Waals surface area contributed by atoms with Gasteiger partial charge in [-0.3, -0.25) is 0 Å². The van der Waals surface area contributed by atoms with Crippen molar-refractivity contribution in [3.05, 3.63) is 35.9 Å². The summed E-state index contributed by atoms with van der Waals surface area (Å²) in [6.07, 6.45) is -0.554. The Bertz CT molecular complexity index is 320. The van der Waals surface area contributed by atoms with Gasteiger partial charge in [0.1, 0.15) is 0 Å². The van der Waals surface area contributed by atoms with Crippen LogP contribution in [0.25, 0.3) is 0 Å². The van der Waals surface area contributed by atoms with Gasteiger partial charge in [-0.2, -0.15) is 5.10 Å². The molecule has 0 saturated heterocycles. The van der Waals surface area contributed by atoms with Crippen molar-refractivity contribution in [1.29, 1.82) is 0 Å². The van der Waals surface area contributed by atoms with Crippen molar-refractivity contribution in [2.45, 2.75) is 20.0 Å². The van der Waals surface area contributed by atoms with Crippen molar-refractivity contribution in [2.24, 2.45) is 5.10 Å². The van der Waals surface area contributed by atoms with Crippen LogP contribution in [0.4, 0.5) is 0 Å². The molecule has 0 aliphatic carbocycles. The average molecular weight is 206 g/mol. The Balaban J connectivity index is 2.99. The molecule has 3 heteroatoms. The van der Waals surface area contributed by atoms with Gasteiger partial charge in [0.05, 0.1) is 11.8 Å². The van der Waals surface area contributed by atoms with E-state index in [1.807, 2.05) is 49.3 Å². The van der Waals surface area contributed by atoms with Gasteiger partial charge in [-0.15, -0.1) is 0 Å². The van der Waals surface area contributed by atoms with Crippen LogP contribution in [-0.2, 0) is 0 Å². The van der Waals surface area contributed by atoms with Crippen LogP contribution in [0.5, 0.6) is 0 Å². The number of hydrazone groups is 1. The molecule has 15 heavy (non-hydrogen) atoms. The van der Waals surface area contributed by atoms with Crippen LogP contribution in [-0.4, -0.2) is 35.5 Å². The predicted molar refractivity (Wildman–Crippen MR) is 63.0 cm³/mol. The predicted octanol–water partition coefficient (Wildman–Crippen LogP) is 1.72. The summed E-state index contributed by atoms with van der Waals surface area (Å²) in [6.45, 7) is 4.58. The van der Waals surface area contributed by atoms with Crippen LogP contribution >= 0.6 is 0 Å². The molecule has 0 aliphatic rings. The Morgan fingerprint density at radius 2 is 2.00 bits per heavy atom. The summed E-state index contributed by atoms with van der Waals surface area (Å²) in [5.74, 6) is 0. The summed E-state index contributed by atoms with van der Waals surface area (Å²) in [5, 5.41) is 15.8. The molecule has 1 aromatic rings. The molecular weight excluding hydrogens is 188 g/mol. The zero-order chi connectivity index (χ0) is 11.3. The number of hydrogen-bond donors (Lipinski definition) is 1. The summed E-state index contributed by atoms with van der Waals surface area (Å²) in [5.41, 5.74) is 1.67. The minimum absolute atomic E-state index is 0.554. The highest BCUT2D eigenvalue weighted by Gasteiger charge is 2.10. The molecule has 1 rings (SSSR count). The molecule has 0 aromatic heterocycles. The first-order chi connectivity index (χ1) is 7.15. The second kappa shape index (κ2) is 5.51. The van der Waals surface area contributed by atoms with E-state index in [0.29, 0.717) is 5.71 Å². The SMILES string of the molecule is CCN(C)/N=C(/c1ccccc1)C(C)O. The molecule has 0 bridgehead atoms. The van der Waals surface area contributed by atoms with Gasteiger partial charge in [-0.25, -0.2) is 0 Å². The molecule has 0 aliphatic heterocycles. The van der Waals surface area contributed by atoms with Crippen LogP contribution < -0.4 is 0 Å². The smallest absolute Gasteiger partial charge is 0.0959 e. The number of benzene rings is 1. The van der Waals surface area contributed by atoms with Crippen LogP contribution in [0.3, 0.4) is 0 Å². The van der Waals surface area contributed by atoms with Crippen molar-refractivity contribution in [1.82, 2.24) is 5.01 Å². The fraction of sp³-hybridized carbons (Fsp3) is 0.417. The second-order valence-electron chi connectivity index (χ2n) is 3.50. The minimum atomic E-state index is -0.554. The monoisotopic (exact) mass is 206 g/mol. The lowest BCUT2D eigenvalue weighted by Crippen LogP contribution is -2.23. The van der Waals surface area contributed by atoms with E-state index in [1.54, 1.807) is 6.92 Å². The van der Waals surface area contributed by atoms with E-state index >= 15 is 0 Å². The first-order valence-electron chi connectivity index (χ1n) is 5.18. The van der Waals surface area contributed by atoms with E-state index in [0.717, 1.165) is 12.1 Å². The first kappa shape index (κ1) is 11.7. The van der Waals surface area contributed by atoms with Crippen LogP contribution in [0.15, 0.2) is 35.4 Å². The normalized spacial score (nSPS) is 13.7. The Labute approximate surface area is 91.0 Å². The van der Waals surface area contributed by atoms with Crippen LogP contribution in [0.2, 0.25) is 0 Å². The third-order valence-corrected chi connectivity index (χ3v) is 2.20. The Kier molecular flexibility index (Phi) is 4.31. The van der Waals surface area contributed by atoms with Gasteiger partial charge >= 0.3 is 0 Å². The highest BCUT2D eigenvalue weighted by atomic mass is 16.3. The molecule has 0 saturated carbocycles. The topological polar surface area (TPSA) is 35.8 Å². The zero-order valence-electron chi connectivity index (χ0n) is 9.51. The summed E-state index contributed by atoms with van der Waals surface area (Å²) < 4.78 is 0. The molecule has 82 valence electrons. The van der Waals surface area contributed by atoms with Gasteiger partial charge in [-0.05, 0) is 13.8 Å². The highest BCUT2D eigenvalue weighted by Crippen LogP contribution is 2.06. The maximum atomic E-state index is 9.65. The third-order valence-electron chi connectivity index (χ3n) is 2.20. The zero-order valence-corrected chi connectivity index (χ0v) is 9.51. The van der Waals surface area contributed by atoms with Crippen molar-refractivity contribution < 1.29 is 5.11 Å². The summed E-state index contributed by atoms with van der Waals surface area (Å²) in [4.78, 5) is 0. The summed E-state index contributed by atoms with van der Waals surface area (Å²) in [7, 11) is 1.89. The fourth-order valence-electron chi connectivity index (χ4n) is 1.25. The summed E-state index contributed by atoms with van der Waals surface area (Å²) in [6, 6.07) is 9.75. The lowest BCUT2D eigenvalue weighted by Gasteiger charge is -2.15. The number of aliphatic hydroxyl groups excluding tert-OH is 1. The van der Waals surface area contributed by atoms with Crippen LogP contribution in [0, 0.1) is 0 Å². The number of nitrogens with zero attached hydrogens (tertiary/aromatic N) is 2. The fourth-order valence-corrected chi connectivity index (χ4v) is 1.25. The first-order valence-corrected chi connectivity index (χ1v) is 5.18. The Morgan fingerprint density at radius 3 is 2.47 bits per heavy atom. The minimum Gasteiger partial charge on any atom is -0.387 e. The van der Waals surface area contributed by atoms with E-state index in [2.05, 4.69) is 5.10 Å². The molecule has 1 aromatic carbocycles. The van der Waals surface area contributed by atoms with E-state index in [-0.39, 0.29) is 0 Å².